The van der Waals surface area contributed by atoms with E-state index in [1.54, 1.807) is 29.7 Å². The van der Waals surface area contributed by atoms with Crippen molar-refractivity contribution in [3.8, 4) is 0 Å². The van der Waals surface area contributed by atoms with E-state index in [1.165, 1.54) is 12.1 Å². The zero-order valence-corrected chi connectivity index (χ0v) is 15.8. The average molecular weight is 384 g/mol. The normalized spacial score (nSPS) is 11.0. The maximum Gasteiger partial charge on any atom is 0.225 e. The van der Waals surface area contributed by atoms with Crippen molar-refractivity contribution in [3.05, 3.63) is 83.7 Å². The number of amides is 1. The molecule has 5 nitrogen and oxygen atoms in total. The van der Waals surface area contributed by atoms with Crippen molar-refractivity contribution < 1.29 is 13.6 Å². The van der Waals surface area contributed by atoms with Gasteiger partial charge in [0.1, 0.15) is 5.82 Å². The number of hydrogen-bond donors (Lipinski definition) is 0. The highest BCUT2D eigenvalue weighted by atomic mass is 19.2. The van der Waals surface area contributed by atoms with E-state index < -0.39 is 11.6 Å². The Kier molecular flexibility index (Phi) is 6.13. The molecule has 3 rings (SSSR count). The lowest BCUT2D eigenvalue weighted by Crippen LogP contribution is -2.34. The van der Waals surface area contributed by atoms with Crippen molar-refractivity contribution in [3.63, 3.8) is 0 Å². The molecule has 0 radical (unpaired) electrons. The summed E-state index contributed by atoms with van der Waals surface area (Å²) in [4.78, 5) is 22.9. The summed E-state index contributed by atoms with van der Waals surface area (Å²) in [6.07, 6.45) is 6.82. The fourth-order valence-electron chi connectivity index (χ4n) is 2.93. The molecule has 0 aliphatic carbocycles. The molecule has 0 atom stereocenters. The molecule has 146 valence electrons. The number of halogens is 2. The summed E-state index contributed by atoms with van der Waals surface area (Å²) in [5, 5.41) is 0. The summed E-state index contributed by atoms with van der Waals surface area (Å²) in [7, 11) is 0. The molecule has 0 saturated carbocycles. The standard InChI is InChI=1S/C21H22F2N4O/c1-15(2)21(28)27(13-17-4-3-7-24-11-17)14-20-25-8-9-26(20)12-16-5-6-18(22)19(23)10-16/h3-11,15H,12-14H2,1-2H3. The van der Waals surface area contributed by atoms with E-state index in [-0.39, 0.29) is 11.8 Å². The van der Waals surface area contributed by atoms with Crippen LogP contribution in [0.1, 0.15) is 30.8 Å². The van der Waals surface area contributed by atoms with Gasteiger partial charge in [-0.2, -0.15) is 0 Å². The fourth-order valence-corrected chi connectivity index (χ4v) is 2.93. The van der Waals surface area contributed by atoms with E-state index >= 15 is 0 Å². The third-order valence-electron chi connectivity index (χ3n) is 4.37. The van der Waals surface area contributed by atoms with Crippen LogP contribution < -0.4 is 0 Å². The number of imidazole rings is 1. The van der Waals surface area contributed by atoms with E-state index in [9.17, 15) is 13.6 Å². The number of rotatable bonds is 7. The molecule has 0 fully saturated rings. The van der Waals surface area contributed by atoms with Crippen molar-refractivity contribution in [2.45, 2.75) is 33.5 Å². The van der Waals surface area contributed by atoms with Crippen LogP contribution in [0.5, 0.6) is 0 Å². The fraction of sp³-hybridized carbons (Fsp3) is 0.286. The number of carbonyl (C=O) groups excluding carboxylic acids is 1. The van der Waals surface area contributed by atoms with Gasteiger partial charge in [-0.05, 0) is 29.3 Å². The minimum atomic E-state index is -0.882. The Morgan fingerprint density at radius 3 is 2.61 bits per heavy atom. The van der Waals surface area contributed by atoms with Crippen molar-refractivity contribution in [1.82, 2.24) is 19.4 Å². The van der Waals surface area contributed by atoms with Crippen molar-refractivity contribution in [1.29, 1.82) is 0 Å². The molecule has 0 N–H and O–H groups in total. The van der Waals surface area contributed by atoms with E-state index in [2.05, 4.69) is 9.97 Å². The highest BCUT2D eigenvalue weighted by molar-refractivity contribution is 5.78. The molecule has 3 aromatic rings. The van der Waals surface area contributed by atoms with Crippen LogP contribution in [0.25, 0.3) is 0 Å². The molecular formula is C21H22F2N4O. The Balaban J connectivity index is 1.80. The van der Waals surface area contributed by atoms with Crippen LogP contribution in [0.15, 0.2) is 55.1 Å². The summed E-state index contributed by atoms with van der Waals surface area (Å²) in [5.41, 5.74) is 1.54. The van der Waals surface area contributed by atoms with Crippen LogP contribution in [-0.2, 0) is 24.4 Å². The van der Waals surface area contributed by atoms with Gasteiger partial charge in [0, 0.05) is 43.8 Å². The molecule has 0 bridgehead atoms. The van der Waals surface area contributed by atoms with Crippen molar-refractivity contribution in [2.24, 2.45) is 5.92 Å². The third kappa shape index (κ3) is 4.79. The first-order valence-corrected chi connectivity index (χ1v) is 9.05. The summed E-state index contributed by atoms with van der Waals surface area (Å²) in [5.74, 6) is -1.24. The molecular weight excluding hydrogens is 362 g/mol. The smallest absolute Gasteiger partial charge is 0.225 e. The van der Waals surface area contributed by atoms with Crippen LogP contribution in [0.4, 0.5) is 8.78 Å². The van der Waals surface area contributed by atoms with E-state index in [4.69, 9.17) is 0 Å². The van der Waals surface area contributed by atoms with Gasteiger partial charge in [0.2, 0.25) is 5.91 Å². The van der Waals surface area contributed by atoms with Crippen molar-refractivity contribution >= 4 is 5.91 Å². The minimum absolute atomic E-state index is 0.00577. The summed E-state index contributed by atoms with van der Waals surface area (Å²) in [6.45, 7) is 4.77. The summed E-state index contributed by atoms with van der Waals surface area (Å²) >= 11 is 0. The van der Waals surface area contributed by atoms with Gasteiger partial charge in [0.25, 0.3) is 0 Å². The second-order valence-corrected chi connectivity index (χ2v) is 6.93. The Morgan fingerprint density at radius 2 is 1.93 bits per heavy atom. The number of carbonyl (C=O) groups is 1. The van der Waals surface area contributed by atoms with Gasteiger partial charge in [-0.25, -0.2) is 13.8 Å². The lowest BCUT2D eigenvalue weighted by atomic mass is 10.1. The molecule has 0 aliphatic heterocycles. The molecule has 2 aromatic heterocycles. The molecule has 1 aromatic carbocycles. The van der Waals surface area contributed by atoms with Gasteiger partial charge in [-0.3, -0.25) is 9.78 Å². The Labute approximate surface area is 162 Å². The molecule has 0 aliphatic rings. The number of aromatic nitrogens is 3. The number of hydrogen-bond acceptors (Lipinski definition) is 3. The van der Waals surface area contributed by atoms with Gasteiger partial charge in [0.05, 0.1) is 6.54 Å². The first-order chi connectivity index (χ1) is 13.4. The molecule has 0 spiro atoms. The lowest BCUT2D eigenvalue weighted by molar-refractivity contribution is -0.135. The number of benzene rings is 1. The monoisotopic (exact) mass is 384 g/mol. The molecule has 7 heteroatoms. The van der Waals surface area contributed by atoms with Crippen LogP contribution in [0, 0.1) is 17.6 Å². The summed E-state index contributed by atoms with van der Waals surface area (Å²) in [6, 6.07) is 7.57. The van der Waals surface area contributed by atoms with Gasteiger partial charge < -0.3 is 9.47 Å². The first kappa shape index (κ1) is 19.7. The highest BCUT2D eigenvalue weighted by Crippen LogP contribution is 2.15. The van der Waals surface area contributed by atoms with Gasteiger partial charge >= 0.3 is 0 Å². The first-order valence-electron chi connectivity index (χ1n) is 9.05. The van der Waals surface area contributed by atoms with Gasteiger partial charge in [0.15, 0.2) is 11.6 Å². The van der Waals surface area contributed by atoms with Crippen LogP contribution in [0.3, 0.4) is 0 Å². The summed E-state index contributed by atoms with van der Waals surface area (Å²) < 4.78 is 28.5. The van der Waals surface area contributed by atoms with Gasteiger partial charge in [-0.15, -0.1) is 0 Å². The average Bonchev–Trinajstić information content (AvgIpc) is 3.11. The molecule has 0 saturated heterocycles. The number of nitrogens with zero attached hydrogens (tertiary/aromatic N) is 4. The Hall–Kier alpha value is -3.09. The predicted molar refractivity (Wildman–Crippen MR) is 101 cm³/mol. The van der Waals surface area contributed by atoms with E-state index in [1.807, 2.05) is 30.5 Å². The van der Waals surface area contributed by atoms with Crippen molar-refractivity contribution in [2.75, 3.05) is 0 Å². The SMILES string of the molecule is CC(C)C(=O)N(Cc1cccnc1)Cc1nccn1Cc1ccc(F)c(F)c1. The van der Waals surface area contributed by atoms with Crippen LogP contribution in [0.2, 0.25) is 0 Å². The predicted octanol–water partition coefficient (Wildman–Crippen LogP) is 3.79. The molecule has 28 heavy (non-hydrogen) atoms. The largest absolute Gasteiger partial charge is 0.331 e. The molecule has 2 heterocycles. The second kappa shape index (κ2) is 8.73. The van der Waals surface area contributed by atoms with E-state index in [0.29, 0.717) is 31.0 Å². The third-order valence-corrected chi connectivity index (χ3v) is 4.37. The zero-order valence-electron chi connectivity index (χ0n) is 15.8. The number of pyridine rings is 1. The maximum atomic E-state index is 13.5. The lowest BCUT2D eigenvalue weighted by Gasteiger charge is -2.24. The molecule has 1 amide bonds. The van der Waals surface area contributed by atoms with Crippen LogP contribution in [-0.4, -0.2) is 25.3 Å². The van der Waals surface area contributed by atoms with Gasteiger partial charge in [-0.1, -0.05) is 26.0 Å². The zero-order chi connectivity index (χ0) is 20.1. The van der Waals surface area contributed by atoms with Crippen LogP contribution >= 0.6 is 0 Å². The highest BCUT2D eigenvalue weighted by Gasteiger charge is 2.20. The second-order valence-electron chi connectivity index (χ2n) is 6.93. The van der Waals surface area contributed by atoms with E-state index in [0.717, 1.165) is 11.6 Å². The molecule has 0 unspecified atom stereocenters. The Bertz CT molecular complexity index is 941. The Morgan fingerprint density at radius 1 is 1.11 bits per heavy atom. The maximum absolute atomic E-state index is 13.5. The topological polar surface area (TPSA) is 51.0 Å². The quantitative estimate of drug-likeness (QED) is 0.623. The minimum Gasteiger partial charge on any atom is -0.331 e.